The van der Waals surface area contributed by atoms with E-state index in [2.05, 4.69) is 10.5 Å². The van der Waals surface area contributed by atoms with E-state index in [9.17, 15) is 23.1 Å². The molecule has 1 amide bonds. The molecule has 2 rings (SSSR count). The molecule has 0 aromatic heterocycles. The van der Waals surface area contributed by atoms with Gasteiger partial charge < -0.3 is 10.8 Å². The molecular formula is C16H14F3N3O2. The summed E-state index contributed by atoms with van der Waals surface area (Å²) in [6, 6.07) is 8.98. The Hall–Kier alpha value is -3.03. The van der Waals surface area contributed by atoms with E-state index in [0.29, 0.717) is 11.3 Å². The normalized spacial score (nSPS) is 12.1. The van der Waals surface area contributed by atoms with Crippen molar-refractivity contribution in [3.05, 3.63) is 59.2 Å². The summed E-state index contributed by atoms with van der Waals surface area (Å²) in [6.45, 7) is 1.54. The summed E-state index contributed by atoms with van der Waals surface area (Å²) in [5, 5.41) is 13.4. The number of aromatic hydroxyl groups is 1. The number of para-hydroxylation sites is 1. The zero-order chi connectivity index (χ0) is 17.9. The molecule has 0 atom stereocenters. The van der Waals surface area contributed by atoms with Crippen LogP contribution in [-0.2, 0) is 6.18 Å². The van der Waals surface area contributed by atoms with Crippen molar-refractivity contribution in [2.24, 2.45) is 10.8 Å². The Kier molecular flexibility index (Phi) is 4.77. The number of phenols is 1. The Balaban J connectivity index is 2.31. The van der Waals surface area contributed by atoms with Gasteiger partial charge in [-0.2, -0.15) is 18.3 Å². The van der Waals surface area contributed by atoms with Gasteiger partial charge in [0.2, 0.25) is 0 Å². The van der Waals surface area contributed by atoms with E-state index in [1.807, 2.05) is 0 Å². The molecule has 0 aliphatic carbocycles. The number of benzene rings is 2. The number of hydrogen-bond acceptors (Lipinski definition) is 4. The van der Waals surface area contributed by atoms with E-state index in [4.69, 9.17) is 5.73 Å². The quantitative estimate of drug-likeness (QED) is 0.590. The molecule has 4 N–H and O–H groups in total. The number of carbonyl (C=O) groups is 1. The monoisotopic (exact) mass is 337 g/mol. The highest BCUT2D eigenvalue weighted by atomic mass is 19.4. The lowest BCUT2D eigenvalue weighted by Crippen LogP contribution is -2.12. The van der Waals surface area contributed by atoms with Crippen LogP contribution >= 0.6 is 0 Å². The van der Waals surface area contributed by atoms with Gasteiger partial charge in [0.15, 0.2) is 0 Å². The minimum atomic E-state index is -4.51. The van der Waals surface area contributed by atoms with Crippen LogP contribution in [0.2, 0.25) is 0 Å². The van der Waals surface area contributed by atoms with Crippen LogP contribution in [0.15, 0.2) is 47.6 Å². The molecule has 0 aliphatic heterocycles. The lowest BCUT2D eigenvalue weighted by Gasteiger charge is -2.12. The number of rotatable bonds is 4. The Labute approximate surface area is 135 Å². The Morgan fingerprint density at radius 1 is 1.21 bits per heavy atom. The van der Waals surface area contributed by atoms with E-state index >= 15 is 0 Å². The third kappa shape index (κ3) is 3.83. The standard InChI is InChI=1S/C16H14F3N3O2/c1-9(10-6-7-14(23)11(8-10)15(20)24)21-22-13-5-3-2-4-12(13)16(17,18)19/h2-8,22-23H,1H3,(H2,20,24). The average Bonchev–Trinajstić information content (AvgIpc) is 2.52. The largest absolute Gasteiger partial charge is 0.507 e. The maximum absolute atomic E-state index is 12.9. The van der Waals surface area contributed by atoms with Gasteiger partial charge >= 0.3 is 6.18 Å². The van der Waals surface area contributed by atoms with Gasteiger partial charge in [0.05, 0.1) is 22.5 Å². The summed E-state index contributed by atoms with van der Waals surface area (Å²) < 4.78 is 38.7. The molecule has 0 radical (unpaired) electrons. The molecule has 0 spiro atoms. The first-order valence-corrected chi connectivity index (χ1v) is 6.80. The van der Waals surface area contributed by atoms with Crippen LogP contribution in [0.3, 0.4) is 0 Å². The number of halogens is 3. The lowest BCUT2D eigenvalue weighted by atomic mass is 10.1. The molecule has 0 unspecified atom stereocenters. The van der Waals surface area contributed by atoms with Gasteiger partial charge in [-0.15, -0.1) is 0 Å². The predicted octanol–water partition coefficient (Wildman–Crippen LogP) is 3.35. The zero-order valence-electron chi connectivity index (χ0n) is 12.6. The van der Waals surface area contributed by atoms with Crippen molar-refractivity contribution in [1.82, 2.24) is 0 Å². The van der Waals surface area contributed by atoms with Gasteiger partial charge in [0.25, 0.3) is 5.91 Å². The molecule has 5 nitrogen and oxygen atoms in total. The van der Waals surface area contributed by atoms with Gasteiger partial charge in [-0.3, -0.25) is 10.2 Å². The molecule has 2 aromatic rings. The summed E-state index contributed by atoms with van der Waals surface area (Å²) in [5.41, 5.74) is 7.11. The second-order valence-corrected chi connectivity index (χ2v) is 4.95. The van der Waals surface area contributed by atoms with Gasteiger partial charge in [0.1, 0.15) is 5.75 Å². The summed E-state index contributed by atoms with van der Waals surface area (Å²) in [6.07, 6.45) is -4.51. The van der Waals surface area contributed by atoms with Gasteiger partial charge in [-0.25, -0.2) is 0 Å². The summed E-state index contributed by atoms with van der Waals surface area (Å²) >= 11 is 0. The van der Waals surface area contributed by atoms with Gasteiger partial charge in [0, 0.05) is 0 Å². The van der Waals surface area contributed by atoms with Crippen LogP contribution in [-0.4, -0.2) is 16.7 Å². The second-order valence-electron chi connectivity index (χ2n) is 4.95. The minimum Gasteiger partial charge on any atom is -0.507 e. The number of hydrogen-bond donors (Lipinski definition) is 3. The maximum Gasteiger partial charge on any atom is 0.418 e. The summed E-state index contributed by atoms with van der Waals surface area (Å²) in [5.74, 6) is -1.10. The number of carbonyl (C=O) groups excluding carboxylic acids is 1. The first-order valence-electron chi connectivity index (χ1n) is 6.80. The number of nitrogens with one attached hydrogen (secondary N) is 1. The summed E-state index contributed by atoms with van der Waals surface area (Å²) in [7, 11) is 0. The fraction of sp³-hybridized carbons (Fsp3) is 0.125. The van der Waals surface area contributed by atoms with E-state index in [1.165, 1.54) is 36.4 Å². The van der Waals surface area contributed by atoms with Crippen molar-refractivity contribution in [3.8, 4) is 5.75 Å². The van der Waals surface area contributed by atoms with Crippen molar-refractivity contribution < 1.29 is 23.1 Å². The van der Waals surface area contributed by atoms with Gasteiger partial charge in [-0.05, 0) is 42.8 Å². The minimum absolute atomic E-state index is 0.0993. The molecule has 0 fully saturated rings. The number of anilines is 1. The highest BCUT2D eigenvalue weighted by molar-refractivity contribution is 6.03. The smallest absolute Gasteiger partial charge is 0.418 e. The highest BCUT2D eigenvalue weighted by Gasteiger charge is 2.33. The number of alkyl halides is 3. The SMILES string of the molecule is CC(=NNc1ccccc1C(F)(F)F)c1ccc(O)c(C(N)=O)c1. The highest BCUT2D eigenvalue weighted by Crippen LogP contribution is 2.34. The average molecular weight is 337 g/mol. The van der Waals surface area contributed by atoms with E-state index in [0.717, 1.165) is 6.07 Å². The Morgan fingerprint density at radius 3 is 2.50 bits per heavy atom. The van der Waals surface area contributed by atoms with Crippen LogP contribution in [0.5, 0.6) is 5.75 Å². The molecule has 0 aliphatic rings. The van der Waals surface area contributed by atoms with Crippen LogP contribution in [0, 0.1) is 0 Å². The third-order valence-corrected chi connectivity index (χ3v) is 3.26. The van der Waals surface area contributed by atoms with Crippen molar-refractivity contribution in [2.75, 3.05) is 5.43 Å². The van der Waals surface area contributed by atoms with Crippen molar-refractivity contribution >= 4 is 17.3 Å². The number of nitrogens with two attached hydrogens (primary N) is 1. The predicted molar refractivity (Wildman–Crippen MR) is 83.9 cm³/mol. The zero-order valence-corrected chi connectivity index (χ0v) is 12.6. The number of hydrazone groups is 1. The molecule has 8 heteroatoms. The van der Waals surface area contributed by atoms with Crippen LogP contribution in [0.25, 0.3) is 0 Å². The molecule has 0 saturated carbocycles. The molecule has 126 valence electrons. The second kappa shape index (κ2) is 6.61. The van der Waals surface area contributed by atoms with Crippen molar-refractivity contribution in [1.29, 1.82) is 0 Å². The van der Waals surface area contributed by atoms with Crippen molar-refractivity contribution in [2.45, 2.75) is 13.1 Å². The molecular weight excluding hydrogens is 323 g/mol. The lowest BCUT2D eigenvalue weighted by molar-refractivity contribution is -0.136. The molecule has 2 aromatic carbocycles. The van der Waals surface area contributed by atoms with E-state index < -0.39 is 17.6 Å². The van der Waals surface area contributed by atoms with Crippen LogP contribution in [0.4, 0.5) is 18.9 Å². The number of primary amides is 1. The van der Waals surface area contributed by atoms with E-state index in [-0.39, 0.29) is 17.0 Å². The maximum atomic E-state index is 12.9. The molecule has 24 heavy (non-hydrogen) atoms. The first kappa shape index (κ1) is 17.3. The fourth-order valence-electron chi connectivity index (χ4n) is 1.99. The third-order valence-electron chi connectivity index (χ3n) is 3.26. The Bertz CT molecular complexity index is 801. The molecule has 0 heterocycles. The molecule has 0 saturated heterocycles. The Morgan fingerprint density at radius 2 is 1.88 bits per heavy atom. The number of amides is 1. The fourth-order valence-corrected chi connectivity index (χ4v) is 1.99. The van der Waals surface area contributed by atoms with Crippen molar-refractivity contribution in [3.63, 3.8) is 0 Å². The molecule has 0 bridgehead atoms. The van der Waals surface area contributed by atoms with Crippen LogP contribution < -0.4 is 11.2 Å². The first-order chi connectivity index (χ1) is 11.2. The van der Waals surface area contributed by atoms with Crippen LogP contribution in [0.1, 0.15) is 28.4 Å². The van der Waals surface area contributed by atoms with E-state index in [1.54, 1.807) is 6.92 Å². The number of nitrogens with zero attached hydrogens (tertiary/aromatic N) is 1. The van der Waals surface area contributed by atoms with Gasteiger partial charge in [-0.1, -0.05) is 12.1 Å². The topological polar surface area (TPSA) is 87.7 Å². The summed E-state index contributed by atoms with van der Waals surface area (Å²) in [4.78, 5) is 11.2.